The van der Waals surface area contributed by atoms with Gasteiger partial charge in [-0.15, -0.1) is 0 Å². The zero-order valence-electron chi connectivity index (χ0n) is 17.5. The molecule has 1 spiro atoms. The van der Waals surface area contributed by atoms with Crippen LogP contribution in [-0.2, 0) is 14.9 Å². The number of benzene rings is 1. The maximum atomic E-state index is 13.9. The first-order valence-electron chi connectivity index (χ1n) is 10.7. The number of nitrogens with one attached hydrogen (secondary N) is 1. The van der Waals surface area contributed by atoms with Crippen LogP contribution in [0.2, 0.25) is 0 Å². The molecule has 2 aliphatic heterocycles. The van der Waals surface area contributed by atoms with Gasteiger partial charge in [-0.2, -0.15) is 0 Å². The molecule has 2 aromatic rings. The number of piperidine rings is 1. The van der Waals surface area contributed by atoms with Gasteiger partial charge in [0, 0.05) is 48.7 Å². The van der Waals surface area contributed by atoms with Crippen molar-refractivity contribution in [1.29, 1.82) is 0 Å². The van der Waals surface area contributed by atoms with Crippen LogP contribution in [0.3, 0.4) is 0 Å². The number of anilines is 2. The van der Waals surface area contributed by atoms with Gasteiger partial charge in [0.25, 0.3) is 5.91 Å². The Kier molecular flexibility index (Phi) is 6.20. The fraction of sp³-hybridized carbons (Fsp3) is 0.478. The Hall–Kier alpha value is -2.64. The van der Waals surface area contributed by atoms with E-state index in [1.807, 2.05) is 25.1 Å². The van der Waals surface area contributed by atoms with Crippen LogP contribution >= 0.6 is 0 Å². The number of nitrogen functional groups attached to an aromatic ring is 1. The number of hydrogen-bond donors (Lipinski definition) is 2. The van der Waals surface area contributed by atoms with Crippen molar-refractivity contribution in [3.05, 3.63) is 48.2 Å². The summed E-state index contributed by atoms with van der Waals surface area (Å²) in [7, 11) is 0. The zero-order chi connectivity index (χ0) is 21.0. The highest BCUT2D eigenvalue weighted by Crippen LogP contribution is 2.49. The van der Waals surface area contributed by atoms with E-state index in [1.165, 1.54) is 0 Å². The minimum atomic E-state index is -0.577. The number of rotatable bonds is 7. The highest BCUT2D eigenvalue weighted by Gasteiger charge is 2.53. The lowest BCUT2D eigenvalue weighted by Gasteiger charge is -2.39. The molecular formula is C23H30N4O3. The Balaban J connectivity index is 1.66. The normalized spacial score (nSPS) is 19.3. The number of aromatic nitrogens is 1. The molecule has 1 atom stereocenters. The van der Waals surface area contributed by atoms with Gasteiger partial charge in [-0.1, -0.05) is 18.2 Å². The van der Waals surface area contributed by atoms with E-state index in [-0.39, 0.29) is 11.3 Å². The summed E-state index contributed by atoms with van der Waals surface area (Å²) >= 11 is 0. The summed E-state index contributed by atoms with van der Waals surface area (Å²) in [5, 5.41) is 3.42. The van der Waals surface area contributed by atoms with Crippen LogP contribution in [0.25, 0.3) is 0 Å². The number of para-hydroxylation sites is 1. The molecule has 0 aliphatic carbocycles. The van der Waals surface area contributed by atoms with Crippen molar-refractivity contribution in [3.63, 3.8) is 0 Å². The second kappa shape index (κ2) is 9.02. The predicted octanol–water partition coefficient (Wildman–Crippen LogP) is 2.51. The molecule has 3 N–H and O–H groups in total. The van der Waals surface area contributed by atoms with Gasteiger partial charge < -0.3 is 20.5 Å². The summed E-state index contributed by atoms with van der Waals surface area (Å²) in [4.78, 5) is 20.1. The standard InChI is InChI=1S/C23H30N4O3/c1-2-29-15-5-14-27(20-16-17(24)8-11-26-20)22(28)21-23(9-12-25-13-10-23)18-6-3-4-7-19(18)30-21/h3-4,6-8,11,16,21,25H,2,5,9-10,12-15H2,1H3,(H2,24,26)/t21-/m0/s1. The molecule has 1 fully saturated rings. The minimum absolute atomic E-state index is 0.0669. The first-order chi connectivity index (χ1) is 14.7. The average molecular weight is 411 g/mol. The Morgan fingerprint density at radius 3 is 2.90 bits per heavy atom. The van der Waals surface area contributed by atoms with Crippen LogP contribution in [0.1, 0.15) is 31.7 Å². The monoisotopic (exact) mass is 410 g/mol. The highest BCUT2D eigenvalue weighted by molar-refractivity contribution is 5.98. The summed E-state index contributed by atoms with van der Waals surface area (Å²) in [5.74, 6) is 1.30. The fourth-order valence-electron chi connectivity index (χ4n) is 4.58. The fourth-order valence-corrected chi connectivity index (χ4v) is 4.58. The summed E-state index contributed by atoms with van der Waals surface area (Å²) in [6.07, 6.45) is 3.49. The van der Waals surface area contributed by atoms with Gasteiger partial charge in [0.2, 0.25) is 0 Å². The molecule has 3 heterocycles. The molecule has 30 heavy (non-hydrogen) atoms. The van der Waals surface area contributed by atoms with Crippen molar-refractivity contribution in [2.24, 2.45) is 0 Å². The SMILES string of the molecule is CCOCCCN(C(=O)[C@@H]1Oc2ccccc2C12CCNCC2)c1cc(N)ccn1. The molecule has 1 saturated heterocycles. The van der Waals surface area contributed by atoms with Crippen LogP contribution < -0.4 is 20.7 Å². The van der Waals surface area contributed by atoms with Crippen molar-refractivity contribution in [3.8, 4) is 5.75 Å². The quantitative estimate of drug-likeness (QED) is 0.682. The van der Waals surface area contributed by atoms with Crippen LogP contribution in [-0.4, -0.2) is 49.8 Å². The molecule has 1 aromatic carbocycles. The van der Waals surface area contributed by atoms with E-state index in [2.05, 4.69) is 16.4 Å². The Morgan fingerprint density at radius 1 is 1.33 bits per heavy atom. The van der Waals surface area contributed by atoms with E-state index in [4.69, 9.17) is 15.2 Å². The molecule has 0 bridgehead atoms. The lowest BCUT2D eigenvalue weighted by atomic mass is 9.70. The second-order valence-electron chi connectivity index (χ2n) is 7.89. The molecule has 2 aliphatic rings. The number of carbonyl (C=O) groups is 1. The largest absolute Gasteiger partial charge is 0.479 e. The van der Waals surface area contributed by atoms with E-state index < -0.39 is 6.10 Å². The number of nitrogens with two attached hydrogens (primary N) is 1. The van der Waals surface area contributed by atoms with E-state index in [0.29, 0.717) is 37.7 Å². The van der Waals surface area contributed by atoms with Crippen LogP contribution in [0.15, 0.2) is 42.6 Å². The summed E-state index contributed by atoms with van der Waals surface area (Å²) in [5.41, 5.74) is 7.38. The van der Waals surface area contributed by atoms with Crippen molar-refractivity contribution in [2.45, 2.75) is 37.7 Å². The van der Waals surface area contributed by atoms with Crippen LogP contribution in [0.5, 0.6) is 5.75 Å². The lowest BCUT2D eigenvalue weighted by molar-refractivity contribution is -0.128. The number of nitrogens with zero attached hydrogens (tertiary/aromatic N) is 2. The Bertz CT molecular complexity index is 882. The maximum Gasteiger partial charge on any atom is 0.270 e. The van der Waals surface area contributed by atoms with Gasteiger partial charge in [0.15, 0.2) is 6.10 Å². The topological polar surface area (TPSA) is 89.7 Å². The van der Waals surface area contributed by atoms with E-state index in [0.717, 1.165) is 37.2 Å². The number of ether oxygens (including phenoxy) is 2. The lowest BCUT2D eigenvalue weighted by Crippen LogP contribution is -2.55. The molecule has 0 unspecified atom stereocenters. The molecule has 1 amide bonds. The predicted molar refractivity (Wildman–Crippen MR) is 117 cm³/mol. The third-order valence-corrected chi connectivity index (χ3v) is 6.08. The van der Waals surface area contributed by atoms with E-state index in [1.54, 1.807) is 23.2 Å². The molecular weight excluding hydrogens is 380 g/mol. The van der Waals surface area contributed by atoms with E-state index in [9.17, 15) is 4.79 Å². The third-order valence-electron chi connectivity index (χ3n) is 6.08. The van der Waals surface area contributed by atoms with Crippen molar-refractivity contribution in [2.75, 3.05) is 43.5 Å². The first kappa shape index (κ1) is 20.6. The second-order valence-corrected chi connectivity index (χ2v) is 7.89. The van der Waals surface area contributed by atoms with Gasteiger partial charge in [-0.3, -0.25) is 9.69 Å². The van der Waals surface area contributed by atoms with Gasteiger partial charge in [-0.05, 0) is 51.4 Å². The number of carbonyl (C=O) groups excluding carboxylic acids is 1. The summed E-state index contributed by atoms with van der Waals surface area (Å²) < 4.78 is 11.8. The number of hydrogen-bond acceptors (Lipinski definition) is 6. The van der Waals surface area contributed by atoms with Gasteiger partial charge in [0.05, 0.1) is 0 Å². The number of fused-ring (bicyclic) bond motifs is 2. The molecule has 4 rings (SSSR count). The first-order valence-corrected chi connectivity index (χ1v) is 10.7. The number of amides is 1. The smallest absolute Gasteiger partial charge is 0.270 e. The molecule has 0 saturated carbocycles. The summed E-state index contributed by atoms with van der Waals surface area (Å²) in [6.45, 7) is 5.43. The van der Waals surface area contributed by atoms with Crippen LogP contribution in [0, 0.1) is 0 Å². The summed E-state index contributed by atoms with van der Waals surface area (Å²) in [6, 6.07) is 11.5. The zero-order valence-corrected chi connectivity index (χ0v) is 17.5. The van der Waals surface area contributed by atoms with Crippen LogP contribution in [0.4, 0.5) is 11.5 Å². The third kappa shape index (κ3) is 3.87. The maximum absolute atomic E-state index is 13.9. The van der Waals surface area contributed by atoms with Gasteiger partial charge in [0.1, 0.15) is 11.6 Å². The Labute approximate surface area is 177 Å². The minimum Gasteiger partial charge on any atom is -0.479 e. The van der Waals surface area contributed by atoms with Crippen molar-refractivity contribution >= 4 is 17.4 Å². The highest BCUT2D eigenvalue weighted by atomic mass is 16.5. The van der Waals surface area contributed by atoms with E-state index >= 15 is 0 Å². The van der Waals surface area contributed by atoms with Crippen molar-refractivity contribution in [1.82, 2.24) is 10.3 Å². The molecule has 7 nitrogen and oxygen atoms in total. The van der Waals surface area contributed by atoms with Crippen molar-refractivity contribution < 1.29 is 14.3 Å². The molecule has 0 radical (unpaired) electrons. The molecule has 160 valence electrons. The number of pyridine rings is 1. The van der Waals surface area contributed by atoms with Gasteiger partial charge in [-0.25, -0.2) is 4.98 Å². The van der Waals surface area contributed by atoms with Gasteiger partial charge >= 0.3 is 0 Å². The average Bonchev–Trinajstić information content (AvgIpc) is 3.08. The molecule has 1 aromatic heterocycles. The molecule has 7 heteroatoms. The Morgan fingerprint density at radius 2 is 2.13 bits per heavy atom.